The van der Waals surface area contributed by atoms with Crippen LogP contribution in [-0.4, -0.2) is 18.7 Å². The summed E-state index contributed by atoms with van der Waals surface area (Å²) in [6.45, 7) is 2.40. The molecule has 0 saturated carbocycles. The summed E-state index contributed by atoms with van der Waals surface area (Å²) in [7, 11) is 1.61. The maximum absolute atomic E-state index is 5.88. The fourth-order valence-electron chi connectivity index (χ4n) is 1.10. The minimum Gasteiger partial charge on any atom is -0.383 e. The zero-order valence-electron chi connectivity index (χ0n) is 7.75. The van der Waals surface area contributed by atoms with E-state index < -0.39 is 0 Å². The SMILES string of the molecule is COC[C@@H](N)c1cc(C)cnc1Cl. The summed E-state index contributed by atoms with van der Waals surface area (Å²) in [5, 5.41) is 0.454. The van der Waals surface area contributed by atoms with Crippen molar-refractivity contribution in [1.82, 2.24) is 4.98 Å². The Morgan fingerprint density at radius 1 is 1.69 bits per heavy atom. The molecule has 1 atom stereocenters. The van der Waals surface area contributed by atoms with Gasteiger partial charge in [-0.1, -0.05) is 11.6 Å². The van der Waals surface area contributed by atoms with Crippen LogP contribution in [0.15, 0.2) is 12.3 Å². The third-order valence-corrected chi connectivity index (χ3v) is 2.06. The second-order valence-corrected chi connectivity index (χ2v) is 3.31. The molecule has 13 heavy (non-hydrogen) atoms. The van der Waals surface area contributed by atoms with E-state index >= 15 is 0 Å². The van der Waals surface area contributed by atoms with Crippen LogP contribution in [-0.2, 0) is 4.74 Å². The Hall–Kier alpha value is -0.640. The van der Waals surface area contributed by atoms with Crippen LogP contribution >= 0.6 is 11.6 Å². The average molecular weight is 201 g/mol. The van der Waals surface area contributed by atoms with E-state index in [0.717, 1.165) is 11.1 Å². The lowest BCUT2D eigenvalue weighted by atomic mass is 10.1. The summed E-state index contributed by atoms with van der Waals surface area (Å²) in [5.41, 5.74) is 7.71. The molecule has 0 aliphatic rings. The van der Waals surface area contributed by atoms with Crippen LogP contribution in [0.1, 0.15) is 17.2 Å². The Bertz CT molecular complexity index is 291. The molecule has 4 heteroatoms. The van der Waals surface area contributed by atoms with Gasteiger partial charge in [-0.05, 0) is 18.6 Å². The molecule has 1 heterocycles. The number of nitrogens with zero attached hydrogens (tertiary/aromatic N) is 1. The van der Waals surface area contributed by atoms with Gasteiger partial charge in [-0.3, -0.25) is 0 Å². The number of halogens is 1. The second kappa shape index (κ2) is 4.56. The Labute approximate surface area is 82.9 Å². The number of aromatic nitrogens is 1. The van der Waals surface area contributed by atoms with E-state index in [4.69, 9.17) is 22.1 Å². The Kier molecular flexibility index (Phi) is 3.66. The van der Waals surface area contributed by atoms with Gasteiger partial charge in [-0.15, -0.1) is 0 Å². The minimum absolute atomic E-state index is 0.204. The lowest BCUT2D eigenvalue weighted by Crippen LogP contribution is -2.17. The van der Waals surface area contributed by atoms with E-state index in [2.05, 4.69) is 4.98 Å². The van der Waals surface area contributed by atoms with Crippen molar-refractivity contribution in [3.63, 3.8) is 0 Å². The summed E-state index contributed by atoms with van der Waals surface area (Å²) < 4.78 is 4.94. The molecule has 1 aromatic heterocycles. The number of rotatable bonds is 3. The number of nitrogens with two attached hydrogens (primary N) is 1. The number of pyridine rings is 1. The molecule has 0 unspecified atom stereocenters. The standard InChI is InChI=1S/C9H13ClN2O/c1-6-3-7(8(11)5-13-2)9(10)12-4-6/h3-4,8H,5,11H2,1-2H3/t8-/m1/s1. The lowest BCUT2D eigenvalue weighted by Gasteiger charge is -2.12. The largest absolute Gasteiger partial charge is 0.383 e. The van der Waals surface area contributed by atoms with Gasteiger partial charge in [0.1, 0.15) is 5.15 Å². The molecule has 2 N–H and O–H groups in total. The molecule has 0 aromatic carbocycles. The molecule has 0 bridgehead atoms. The van der Waals surface area contributed by atoms with E-state index in [1.165, 1.54) is 0 Å². The highest BCUT2D eigenvalue weighted by atomic mass is 35.5. The average Bonchev–Trinajstić information content (AvgIpc) is 2.09. The van der Waals surface area contributed by atoms with Crippen LogP contribution in [0.4, 0.5) is 0 Å². The Morgan fingerprint density at radius 3 is 3.00 bits per heavy atom. The van der Waals surface area contributed by atoms with Crippen LogP contribution < -0.4 is 5.73 Å². The van der Waals surface area contributed by atoms with E-state index in [1.54, 1.807) is 13.3 Å². The van der Waals surface area contributed by atoms with Crippen molar-refractivity contribution in [3.05, 3.63) is 28.5 Å². The van der Waals surface area contributed by atoms with Crippen molar-refractivity contribution in [2.24, 2.45) is 5.73 Å². The monoisotopic (exact) mass is 200 g/mol. The van der Waals surface area contributed by atoms with Gasteiger partial charge >= 0.3 is 0 Å². The normalized spacial score (nSPS) is 12.9. The number of hydrogen-bond acceptors (Lipinski definition) is 3. The third-order valence-electron chi connectivity index (χ3n) is 1.75. The fourth-order valence-corrected chi connectivity index (χ4v) is 1.35. The molecule has 3 nitrogen and oxygen atoms in total. The predicted molar refractivity (Wildman–Crippen MR) is 52.8 cm³/mol. The molecular formula is C9H13ClN2O. The lowest BCUT2D eigenvalue weighted by molar-refractivity contribution is 0.181. The van der Waals surface area contributed by atoms with Gasteiger partial charge in [0.25, 0.3) is 0 Å². The quantitative estimate of drug-likeness (QED) is 0.756. The first-order valence-electron chi connectivity index (χ1n) is 4.01. The third kappa shape index (κ3) is 2.66. The molecule has 1 aromatic rings. The van der Waals surface area contributed by atoms with Crippen molar-refractivity contribution >= 4 is 11.6 Å². The van der Waals surface area contributed by atoms with E-state index in [9.17, 15) is 0 Å². The highest BCUT2D eigenvalue weighted by Gasteiger charge is 2.10. The van der Waals surface area contributed by atoms with Crippen molar-refractivity contribution in [2.75, 3.05) is 13.7 Å². The summed E-state index contributed by atoms with van der Waals surface area (Å²) in [4.78, 5) is 4.01. The molecule has 0 spiro atoms. The molecule has 0 aliphatic carbocycles. The molecule has 0 fully saturated rings. The summed E-state index contributed by atoms with van der Waals surface area (Å²) in [6, 6.07) is 1.73. The molecular weight excluding hydrogens is 188 g/mol. The highest BCUT2D eigenvalue weighted by Crippen LogP contribution is 2.20. The zero-order chi connectivity index (χ0) is 9.84. The van der Waals surface area contributed by atoms with Crippen LogP contribution in [0.3, 0.4) is 0 Å². The number of aryl methyl sites for hydroxylation is 1. The number of methoxy groups -OCH3 is 1. The van der Waals surface area contributed by atoms with Crippen LogP contribution in [0.2, 0.25) is 5.15 Å². The van der Waals surface area contributed by atoms with E-state index in [0.29, 0.717) is 11.8 Å². The molecule has 72 valence electrons. The molecule has 0 amide bonds. The highest BCUT2D eigenvalue weighted by molar-refractivity contribution is 6.30. The van der Waals surface area contributed by atoms with Crippen LogP contribution in [0.25, 0.3) is 0 Å². The summed E-state index contributed by atoms with van der Waals surface area (Å²) >= 11 is 5.88. The molecule has 1 rings (SSSR count). The number of ether oxygens (including phenoxy) is 1. The maximum atomic E-state index is 5.88. The Balaban J connectivity index is 2.91. The first-order valence-corrected chi connectivity index (χ1v) is 4.39. The molecule has 0 saturated heterocycles. The minimum atomic E-state index is -0.204. The predicted octanol–water partition coefficient (Wildman–Crippen LogP) is 1.69. The van der Waals surface area contributed by atoms with Gasteiger partial charge in [0.2, 0.25) is 0 Å². The van der Waals surface area contributed by atoms with Gasteiger partial charge in [-0.2, -0.15) is 0 Å². The van der Waals surface area contributed by atoms with Gasteiger partial charge in [0, 0.05) is 18.9 Å². The smallest absolute Gasteiger partial charge is 0.133 e. The first kappa shape index (κ1) is 10.4. The summed E-state index contributed by atoms with van der Waals surface area (Å²) in [5.74, 6) is 0. The first-order chi connectivity index (χ1) is 6.15. The van der Waals surface area contributed by atoms with Gasteiger partial charge in [0.15, 0.2) is 0 Å². The van der Waals surface area contributed by atoms with Crippen LogP contribution in [0, 0.1) is 6.92 Å². The van der Waals surface area contributed by atoms with Gasteiger partial charge in [-0.25, -0.2) is 4.98 Å². The van der Waals surface area contributed by atoms with Crippen LogP contribution in [0.5, 0.6) is 0 Å². The van der Waals surface area contributed by atoms with Crippen molar-refractivity contribution in [2.45, 2.75) is 13.0 Å². The topological polar surface area (TPSA) is 48.1 Å². The van der Waals surface area contributed by atoms with E-state index in [-0.39, 0.29) is 6.04 Å². The van der Waals surface area contributed by atoms with E-state index in [1.807, 2.05) is 13.0 Å². The molecule has 0 radical (unpaired) electrons. The zero-order valence-corrected chi connectivity index (χ0v) is 8.51. The Morgan fingerprint density at radius 2 is 2.38 bits per heavy atom. The van der Waals surface area contributed by atoms with Gasteiger partial charge in [0.05, 0.1) is 12.6 Å². The number of hydrogen-bond donors (Lipinski definition) is 1. The second-order valence-electron chi connectivity index (χ2n) is 2.95. The van der Waals surface area contributed by atoms with Crippen molar-refractivity contribution in [3.8, 4) is 0 Å². The van der Waals surface area contributed by atoms with Crippen molar-refractivity contribution < 1.29 is 4.74 Å². The summed E-state index contributed by atoms with van der Waals surface area (Å²) in [6.07, 6.45) is 1.71. The van der Waals surface area contributed by atoms with Gasteiger partial charge < -0.3 is 10.5 Å². The molecule has 0 aliphatic heterocycles. The fraction of sp³-hybridized carbons (Fsp3) is 0.444. The maximum Gasteiger partial charge on any atom is 0.133 e. The van der Waals surface area contributed by atoms with Crippen molar-refractivity contribution in [1.29, 1.82) is 0 Å².